The summed E-state index contributed by atoms with van der Waals surface area (Å²) in [5, 5.41) is 11.4. The molecular weight excluding hydrogens is 508 g/mol. The summed E-state index contributed by atoms with van der Waals surface area (Å²) >= 11 is 0. The fraction of sp³-hybridized carbons (Fsp3) is 0.500. The van der Waals surface area contributed by atoms with Crippen LogP contribution in [0.4, 0.5) is 0 Å². The third-order valence-electron chi connectivity index (χ3n) is 7.17. The van der Waals surface area contributed by atoms with Crippen LogP contribution in [0.1, 0.15) is 70.5 Å². The van der Waals surface area contributed by atoms with E-state index in [1.165, 1.54) is 0 Å². The molecule has 0 saturated carbocycles. The number of ether oxygens (including phenoxy) is 3. The minimum Gasteiger partial charge on any atom is -0.507 e. The number of unbranched alkanes of at least 4 members (excludes halogenated alkanes) is 1. The van der Waals surface area contributed by atoms with Gasteiger partial charge in [0.1, 0.15) is 11.5 Å². The SMILES string of the molecule is CCCCOc1ccc(C2/C(=C(/O)c3ccc(OCCC)cc3)C(=O)C(=O)N2CCCN(CC)CC)cc1OC. The van der Waals surface area contributed by atoms with Crippen LogP contribution >= 0.6 is 0 Å². The fourth-order valence-corrected chi connectivity index (χ4v) is 4.85. The highest BCUT2D eigenvalue weighted by molar-refractivity contribution is 6.46. The van der Waals surface area contributed by atoms with Crippen molar-refractivity contribution in [3.63, 3.8) is 0 Å². The molecule has 0 aromatic heterocycles. The van der Waals surface area contributed by atoms with Gasteiger partial charge in [0.05, 0.1) is 31.9 Å². The third-order valence-corrected chi connectivity index (χ3v) is 7.17. The van der Waals surface area contributed by atoms with Gasteiger partial charge in [-0.05, 0) is 80.9 Å². The molecule has 218 valence electrons. The summed E-state index contributed by atoms with van der Waals surface area (Å²) in [5.74, 6) is 0.268. The Hall–Kier alpha value is -3.52. The summed E-state index contributed by atoms with van der Waals surface area (Å²) in [7, 11) is 1.56. The lowest BCUT2D eigenvalue weighted by Crippen LogP contribution is -2.33. The average molecular weight is 553 g/mol. The lowest BCUT2D eigenvalue weighted by Gasteiger charge is -2.27. The van der Waals surface area contributed by atoms with Crippen molar-refractivity contribution in [2.75, 3.05) is 46.5 Å². The number of carbonyl (C=O) groups is 2. The Morgan fingerprint density at radius 2 is 1.62 bits per heavy atom. The zero-order chi connectivity index (χ0) is 29.1. The molecule has 0 spiro atoms. The van der Waals surface area contributed by atoms with Crippen LogP contribution in [0.3, 0.4) is 0 Å². The second kappa shape index (κ2) is 15.3. The summed E-state index contributed by atoms with van der Waals surface area (Å²) < 4.78 is 17.2. The van der Waals surface area contributed by atoms with E-state index >= 15 is 0 Å². The average Bonchev–Trinajstić information content (AvgIpc) is 3.23. The lowest BCUT2D eigenvalue weighted by molar-refractivity contribution is -0.140. The maximum atomic E-state index is 13.4. The predicted molar refractivity (Wildman–Crippen MR) is 157 cm³/mol. The highest BCUT2D eigenvalue weighted by atomic mass is 16.5. The molecule has 1 fully saturated rings. The van der Waals surface area contributed by atoms with Gasteiger partial charge in [0.25, 0.3) is 11.7 Å². The largest absolute Gasteiger partial charge is 0.507 e. The molecule has 1 aliphatic heterocycles. The minimum absolute atomic E-state index is 0.0665. The first kappa shape index (κ1) is 31.0. The van der Waals surface area contributed by atoms with Crippen LogP contribution in [0, 0.1) is 0 Å². The van der Waals surface area contributed by atoms with Crippen LogP contribution < -0.4 is 14.2 Å². The molecule has 0 bridgehead atoms. The quantitative estimate of drug-likeness (QED) is 0.122. The van der Waals surface area contributed by atoms with Gasteiger partial charge in [-0.3, -0.25) is 9.59 Å². The summed E-state index contributed by atoms with van der Waals surface area (Å²) in [4.78, 5) is 30.6. The second-order valence-electron chi connectivity index (χ2n) is 9.86. The molecular formula is C32H44N2O6. The van der Waals surface area contributed by atoms with E-state index in [9.17, 15) is 14.7 Å². The standard InChI is InChI=1S/C32H44N2O6/c1-6-10-21-40-26-17-14-24(22-27(26)38-5)29-28(30(35)23-12-15-25(16-13-23)39-20-7-2)31(36)32(37)34(29)19-11-18-33(8-3)9-4/h12-17,22,29,35H,6-11,18-21H2,1-5H3/b30-28-. The van der Waals surface area contributed by atoms with Gasteiger partial charge in [0.15, 0.2) is 11.5 Å². The number of amides is 1. The summed E-state index contributed by atoms with van der Waals surface area (Å²) in [6, 6.07) is 11.6. The van der Waals surface area contributed by atoms with E-state index in [0.29, 0.717) is 54.6 Å². The number of hydrogen-bond donors (Lipinski definition) is 1. The molecule has 2 aromatic carbocycles. The Kier molecular flexibility index (Phi) is 11.9. The molecule has 1 heterocycles. The van der Waals surface area contributed by atoms with Gasteiger partial charge in [-0.1, -0.05) is 40.2 Å². The molecule has 0 aliphatic carbocycles. The fourth-order valence-electron chi connectivity index (χ4n) is 4.85. The minimum atomic E-state index is -0.758. The maximum absolute atomic E-state index is 13.4. The highest BCUT2D eigenvalue weighted by Gasteiger charge is 2.46. The number of likely N-dealkylation sites (tertiary alicyclic amines) is 1. The maximum Gasteiger partial charge on any atom is 0.295 e. The number of Topliss-reactive ketones (excluding diaryl/α,β-unsaturated/α-hetero) is 1. The number of aliphatic hydroxyl groups excluding tert-OH is 1. The summed E-state index contributed by atoms with van der Waals surface area (Å²) in [6.45, 7) is 12.5. The van der Waals surface area contributed by atoms with Crippen molar-refractivity contribution in [3.05, 3.63) is 59.2 Å². The van der Waals surface area contributed by atoms with Crippen LogP contribution in [-0.4, -0.2) is 73.1 Å². The zero-order valence-corrected chi connectivity index (χ0v) is 24.6. The highest BCUT2D eigenvalue weighted by Crippen LogP contribution is 2.42. The van der Waals surface area contributed by atoms with E-state index in [4.69, 9.17) is 14.2 Å². The molecule has 8 heteroatoms. The molecule has 3 rings (SSSR count). The number of aliphatic hydroxyl groups is 1. The predicted octanol–water partition coefficient (Wildman–Crippen LogP) is 5.82. The number of methoxy groups -OCH3 is 1. The van der Waals surface area contributed by atoms with Crippen molar-refractivity contribution < 1.29 is 28.9 Å². The van der Waals surface area contributed by atoms with Gasteiger partial charge in [0.2, 0.25) is 0 Å². The molecule has 2 aromatic rings. The Morgan fingerprint density at radius 3 is 2.25 bits per heavy atom. The van der Waals surface area contributed by atoms with Gasteiger partial charge >= 0.3 is 0 Å². The molecule has 1 saturated heterocycles. The van der Waals surface area contributed by atoms with Crippen LogP contribution in [0.25, 0.3) is 5.76 Å². The van der Waals surface area contributed by atoms with E-state index in [-0.39, 0.29) is 11.3 Å². The van der Waals surface area contributed by atoms with Gasteiger partial charge in [0, 0.05) is 12.1 Å². The molecule has 1 N–H and O–H groups in total. The zero-order valence-electron chi connectivity index (χ0n) is 24.6. The van der Waals surface area contributed by atoms with E-state index in [1.807, 2.05) is 13.0 Å². The van der Waals surface area contributed by atoms with E-state index in [0.717, 1.165) is 38.9 Å². The monoisotopic (exact) mass is 552 g/mol. The van der Waals surface area contributed by atoms with Crippen molar-refractivity contribution in [2.24, 2.45) is 0 Å². The first-order valence-electron chi connectivity index (χ1n) is 14.4. The van der Waals surface area contributed by atoms with E-state index in [1.54, 1.807) is 48.4 Å². The molecule has 8 nitrogen and oxygen atoms in total. The number of rotatable bonds is 16. The van der Waals surface area contributed by atoms with Crippen molar-refractivity contribution in [1.82, 2.24) is 9.80 Å². The topological polar surface area (TPSA) is 88.5 Å². The molecule has 40 heavy (non-hydrogen) atoms. The molecule has 1 atom stereocenters. The van der Waals surface area contributed by atoms with Gasteiger partial charge < -0.3 is 29.1 Å². The first-order chi connectivity index (χ1) is 19.4. The number of carbonyl (C=O) groups excluding carboxylic acids is 2. The van der Waals surface area contributed by atoms with E-state index < -0.39 is 17.7 Å². The second-order valence-corrected chi connectivity index (χ2v) is 9.86. The third kappa shape index (κ3) is 7.36. The van der Waals surface area contributed by atoms with Crippen molar-refractivity contribution >= 4 is 17.4 Å². The first-order valence-corrected chi connectivity index (χ1v) is 14.4. The molecule has 1 unspecified atom stereocenters. The Bertz CT molecular complexity index is 1160. The Morgan fingerprint density at radius 1 is 0.900 bits per heavy atom. The van der Waals surface area contributed by atoms with Crippen molar-refractivity contribution in [3.8, 4) is 17.2 Å². The van der Waals surface area contributed by atoms with Crippen LogP contribution in [0.5, 0.6) is 17.2 Å². The number of ketones is 1. The van der Waals surface area contributed by atoms with Crippen LogP contribution in [0.15, 0.2) is 48.0 Å². The molecule has 0 radical (unpaired) electrons. The number of nitrogens with zero attached hydrogens (tertiary/aromatic N) is 2. The molecule has 1 aliphatic rings. The summed E-state index contributed by atoms with van der Waals surface area (Å²) in [5.41, 5.74) is 1.18. The lowest BCUT2D eigenvalue weighted by atomic mass is 9.95. The van der Waals surface area contributed by atoms with Crippen LogP contribution in [0.2, 0.25) is 0 Å². The molecule has 1 amide bonds. The van der Waals surface area contributed by atoms with Gasteiger partial charge in [-0.2, -0.15) is 0 Å². The number of benzene rings is 2. The summed E-state index contributed by atoms with van der Waals surface area (Å²) in [6.07, 6.45) is 3.50. The Labute approximate surface area is 238 Å². The van der Waals surface area contributed by atoms with Gasteiger partial charge in [-0.25, -0.2) is 0 Å². The number of hydrogen-bond acceptors (Lipinski definition) is 7. The van der Waals surface area contributed by atoms with Crippen molar-refractivity contribution in [2.45, 2.75) is 59.4 Å². The van der Waals surface area contributed by atoms with Gasteiger partial charge in [-0.15, -0.1) is 0 Å². The van der Waals surface area contributed by atoms with Crippen molar-refractivity contribution in [1.29, 1.82) is 0 Å². The normalized spacial score (nSPS) is 16.6. The van der Waals surface area contributed by atoms with E-state index in [2.05, 4.69) is 25.7 Å². The smallest absolute Gasteiger partial charge is 0.295 e. The Balaban J connectivity index is 2.03. The van der Waals surface area contributed by atoms with Crippen LogP contribution in [-0.2, 0) is 9.59 Å².